The molecule has 178 valence electrons. The number of benzene rings is 1. The molecule has 0 saturated carbocycles. The molecule has 1 atom stereocenters. The van der Waals surface area contributed by atoms with Gasteiger partial charge in [0.1, 0.15) is 5.75 Å². The summed E-state index contributed by atoms with van der Waals surface area (Å²) >= 11 is 0. The highest BCUT2D eigenvalue weighted by Gasteiger charge is 2.34. The minimum Gasteiger partial charge on any atom is -0.507 e. The number of fused-ring (bicyclic) bond motifs is 1. The van der Waals surface area contributed by atoms with E-state index < -0.39 is 28.8 Å². The van der Waals surface area contributed by atoms with Gasteiger partial charge < -0.3 is 28.9 Å². The van der Waals surface area contributed by atoms with Gasteiger partial charge in [0.05, 0.1) is 36.4 Å². The van der Waals surface area contributed by atoms with Crippen molar-refractivity contribution in [1.82, 2.24) is 14.5 Å². The van der Waals surface area contributed by atoms with Crippen molar-refractivity contribution >= 4 is 11.7 Å². The molecule has 0 radical (unpaired) electrons. The maximum atomic E-state index is 13.6. The normalized spacial score (nSPS) is 13.0. The van der Waals surface area contributed by atoms with Crippen molar-refractivity contribution in [2.24, 2.45) is 0 Å². The van der Waals surface area contributed by atoms with Crippen LogP contribution in [0.2, 0.25) is 0 Å². The summed E-state index contributed by atoms with van der Waals surface area (Å²) in [7, 11) is 1.17. The number of nitro benzene ring substituents is 1. The Morgan fingerprint density at radius 2 is 2.09 bits per heavy atom. The molecule has 0 spiro atoms. The predicted octanol–water partition coefficient (Wildman–Crippen LogP) is 2.16. The maximum absolute atomic E-state index is 13.6. The van der Waals surface area contributed by atoms with Crippen LogP contribution in [0.25, 0.3) is 0 Å². The van der Waals surface area contributed by atoms with Gasteiger partial charge in [0.15, 0.2) is 11.5 Å². The number of nitro groups is 1. The molecular formula is C22H22N4O8. The highest BCUT2D eigenvalue weighted by molar-refractivity contribution is 5.73. The number of hydrogen-bond donors (Lipinski definition) is 2. The molecule has 1 aliphatic rings. The lowest BCUT2D eigenvalue weighted by molar-refractivity contribution is -0.385. The Morgan fingerprint density at radius 3 is 2.74 bits per heavy atom. The van der Waals surface area contributed by atoms with Crippen LogP contribution >= 0.6 is 0 Å². The lowest BCUT2D eigenvalue weighted by Crippen LogP contribution is -2.29. The van der Waals surface area contributed by atoms with Gasteiger partial charge in [-0.2, -0.15) is 0 Å². The molecule has 0 fully saturated rings. The van der Waals surface area contributed by atoms with Gasteiger partial charge in [0.25, 0.3) is 11.2 Å². The van der Waals surface area contributed by atoms with E-state index in [1.165, 1.54) is 36.2 Å². The van der Waals surface area contributed by atoms with Gasteiger partial charge in [0, 0.05) is 42.0 Å². The summed E-state index contributed by atoms with van der Waals surface area (Å²) in [6.07, 6.45) is 3.20. The number of H-pyrrole nitrogens is 1. The third-order valence-corrected chi connectivity index (χ3v) is 5.72. The molecule has 0 aliphatic carbocycles. The standard InChI is InChI=1S/C22H22N4O8/c1-12-5-17(27)21(22(29)25(12)4-3-13-9-23-10-24-13)15(7-20(28)32-2)14-6-18-19(34-11-33-18)8-16(14)26(30)31/h5-6,8-10,15,27H,3-4,7,11H2,1-2H3,(H,23,24). The van der Waals surface area contributed by atoms with Crippen LogP contribution in [0, 0.1) is 17.0 Å². The molecule has 12 heteroatoms. The zero-order chi connectivity index (χ0) is 24.4. The number of aromatic nitrogens is 3. The van der Waals surface area contributed by atoms with Gasteiger partial charge in [-0.15, -0.1) is 0 Å². The molecule has 34 heavy (non-hydrogen) atoms. The molecule has 1 aromatic carbocycles. The van der Waals surface area contributed by atoms with Crippen LogP contribution < -0.4 is 15.0 Å². The predicted molar refractivity (Wildman–Crippen MR) is 117 cm³/mol. The van der Waals surface area contributed by atoms with Crippen molar-refractivity contribution in [2.75, 3.05) is 13.9 Å². The van der Waals surface area contributed by atoms with Crippen LogP contribution in [0.15, 0.2) is 35.5 Å². The number of carbonyl (C=O) groups excluding carboxylic acids is 1. The third kappa shape index (κ3) is 4.29. The van der Waals surface area contributed by atoms with Gasteiger partial charge in [-0.05, 0) is 19.1 Å². The average Bonchev–Trinajstić information content (AvgIpc) is 3.48. The van der Waals surface area contributed by atoms with Crippen LogP contribution in [0.4, 0.5) is 5.69 Å². The molecule has 4 rings (SSSR count). The Kier molecular flexibility index (Phi) is 6.21. The topological polar surface area (TPSA) is 159 Å². The number of pyridine rings is 1. The van der Waals surface area contributed by atoms with E-state index in [2.05, 4.69) is 9.97 Å². The number of methoxy groups -OCH3 is 1. The summed E-state index contributed by atoms with van der Waals surface area (Å²) in [4.78, 5) is 44.0. The van der Waals surface area contributed by atoms with E-state index in [4.69, 9.17) is 14.2 Å². The molecule has 1 aliphatic heterocycles. The van der Waals surface area contributed by atoms with Gasteiger partial charge in [-0.25, -0.2) is 4.98 Å². The van der Waals surface area contributed by atoms with E-state index in [1.54, 1.807) is 13.1 Å². The van der Waals surface area contributed by atoms with Crippen molar-refractivity contribution in [2.45, 2.75) is 32.2 Å². The SMILES string of the molecule is COC(=O)CC(c1cc2c(cc1[N+](=O)[O-])OCO2)c1c(O)cc(C)n(CCc2cnc[nH]2)c1=O. The Labute approximate surface area is 192 Å². The molecule has 2 aromatic heterocycles. The Balaban J connectivity index is 1.87. The molecule has 12 nitrogen and oxygen atoms in total. The molecule has 0 amide bonds. The molecule has 3 heterocycles. The number of carbonyl (C=O) groups is 1. The summed E-state index contributed by atoms with van der Waals surface area (Å²) in [6.45, 7) is 1.80. The fraction of sp³-hybridized carbons (Fsp3) is 0.318. The summed E-state index contributed by atoms with van der Waals surface area (Å²) in [6, 6.07) is 3.94. The van der Waals surface area contributed by atoms with Gasteiger partial charge >= 0.3 is 5.97 Å². The van der Waals surface area contributed by atoms with Crippen molar-refractivity contribution in [1.29, 1.82) is 0 Å². The Morgan fingerprint density at radius 1 is 1.35 bits per heavy atom. The summed E-state index contributed by atoms with van der Waals surface area (Å²) in [5.74, 6) is -1.84. The molecule has 0 saturated heterocycles. The van der Waals surface area contributed by atoms with E-state index in [0.29, 0.717) is 12.1 Å². The number of ether oxygens (including phenoxy) is 3. The van der Waals surface area contributed by atoms with Crippen LogP contribution in [-0.4, -0.2) is 44.4 Å². The fourth-order valence-corrected chi connectivity index (χ4v) is 4.03. The van der Waals surface area contributed by atoms with Gasteiger partial charge in [0.2, 0.25) is 6.79 Å². The second kappa shape index (κ2) is 9.25. The zero-order valence-corrected chi connectivity index (χ0v) is 18.4. The fourth-order valence-electron chi connectivity index (χ4n) is 4.03. The highest BCUT2D eigenvalue weighted by atomic mass is 16.7. The number of hydrogen-bond acceptors (Lipinski definition) is 9. The first-order valence-electron chi connectivity index (χ1n) is 10.4. The van der Waals surface area contributed by atoms with Crippen molar-refractivity contribution in [3.63, 3.8) is 0 Å². The molecule has 3 aromatic rings. The zero-order valence-electron chi connectivity index (χ0n) is 18.4. The van der Waals surface area contributed by atoms with Crippen LogP contribution in [-0.2, 0) is 22.5 Å². The average molecular weight is 470 g/mol. The number of imidazole rings is 1. The summed E-state index contributed by atoms with van der Waals surface area (Å²) in [5, 5.41) is 22.7. The number of aromatic amines is 1. The van der Waals surface area contributed by atoms with Crippen molar-refractivity contribution in [3.05, 3.63) is 73.7 Å². The van der Waals surface area contributed by atoms with Crippen LogP contribution in [0.5, 0.6) is 17.2 Å². The minimum atomic E-state index is -1.17. The second-order valence-corrected chi connectivity index (χ2v) is 7.72. The first-order chi connectivity index (χ1) is 16.3. The first kappa shape index (κ1) is 22.8. The largest absolute Gasteiger partial charge is 0.507 e. The van der Waals surface area contributed by atoms with Gasteiger partial charge in [-0.3, -0.25) is 19.7 Å². The Hall–Kier alpha value is -4.35. The van der Waals surface area contributed by atoms with E-state index >= 15 is 0 Å². The quantitative estimate of drug-likeness (QED) is 0.286. The number of aryl methyl sites for hydroxylation is 2. The van der Waals surface area contributed by atoms with Crippen molar-refractivity contribution in [3.8, 4) is 17.2 Å². The number of rotatable bonds is 8. The number of esters is 1. The van der Waals surface area contributed by atoms with E-state index in [0.717, 1.165) is 5.69 Å². The number of nitrogens with zero attached hydrogens (tertiary/aromatic N) is 3. The van der Waals surface area contributed by atoms with E-state index in [1.807, 2.05) is 0 Å². The summed E-state index contributed by atoms with van der Waals surface area (Å²) in [5.41, 5.74) is 0.222. The highest BCUT2D eigenvalue weighted by Crippen LogP contribution is 2.44. The van der Waals surface area contributed by atoms with Crippen LogP contribution in [0.1, 0.15) is 34.9 Å². The van der Waals surface area contributed by atoms with Gasteiger partial charge in [-0.1, -0.05) is 0 Å². The molecule has 2 N–H and O–H groups in total. The molecule has 1 unspecified atom stereocenters. The van der Waals surface area contributed by atoms with E-state index in [-0.39, 0.29) is 47.4 Å². The number of aromatic hydroxyl groups is 1. The minimum absolute atomic E-state index is 0.0241. The van der Waals surface area contributed by atoms with E-state index in [9.17, 15) is 24.8 Å². The maximum Gasteiger partial charge on any atom is 0.306 e. The molecular weight excluding hydrogens is 448 g/mol. The molecule has 0 bridgehead atoms. The lowest BCUT2D eigenvalue weighted by Gasteiger charge is -2.20. The third-order valence-electron chi connectivity index (χ3n) is 5.72. The second-order valence-electron chi connectivity index (χ2n) is 7.72. The van der Waals surface area contributed by atoms with Crippen LogP contribution in [0.3, 0.4) is 0 Å². The van der Waals surface area contributed by atoms with Crippen molar-refractivity contribution < 1.29 is 29.0 Å². The lowest BCUT2D eigenvalue weighted by atomic mass is 9.87. The first-order valence-corrected chi connectivity index (χ1v) is 10.4. The Bertz CT molecular complexity index is 1300. The smallest absolute Gasteiger partial charge is 0.306 e. The summed E-state index contributed by atoms with van der Waals surface area (Å²) < 4.78 is 16.8. The monoisotopic (exact) mass is 470 g/mol. The number of nitrogens with one attached hydrogen (secondary N) is 1.